The predicted molar refractivity (Wildman–Crippen MR) is 61.3 cm³/mol. The molecule has 0 unspecified atom stereocenters. The van der Waals surface area contributed by atoms with E-state index in [0.717, 1.165) is 0 Å². The molecule has 0 fully saturated rings. The second-order valence-corrected chi connectivity index (χ2v) is 4.42. The third-order valence-corrected chi connectivity index (χ3v) is 1.54. The molecule has 17 heavy (non-hydrogen) atoms. The molecule has 0 atom stereocenters. The average Bonchev–Trinajstić information content (AvgIpc) is 2.20. The Labute approximate surface area is 100 Å². The maximum atomic E-state index is 11.3. The van der Waals surface area contributed by atoms with Crippen LogP contribution >= 0.6 is 0 Å². The number of alkyl carbamates (subject to hydrolysis) is 1. The lowest BCUT2D eigenvalue weighted by atomic mass is 10.1. The molecular weight excluding hydrogens is 226 g/mol. The van der Waals surface area contributed by atoms with Crippen molar-refractivity contribution in [1.82, 2.24) is 16.0 Å². The normalized spacial score (nSPS) is 10.4. The molecule has 0 aliphatic carbocycles. The summed E-state index contributed by atoms with van der Waals surface area (Å²) in [4.78, 5) is 33.1. The number of nitrogens with one attached hydrogen (secondary N) is 3. The molecule has 3 N–H and O–H groups in total. The molecule has 7 nitrogen and oxygen atoms in total. The molecule has 0 aliphatic rings. The van der Waals surface area contributed by atoms with Crippen molar-refractivity contribution in [3.63, 3.8) is 0 Å². The summed E-state index contributed by atoms with van der Waals surface area (Å²) in [5.74, 6) is -0.747. The Morgan fingerprint density at radius 3 is 2.00 bits per heavy atom. The van der Waals surface area contributed by atoms with Gasteiger partial charge in [-0.2, -0.15) is 0 Å². The van der Waals surface area contributed by atoms with Gasteiger partial charge in [-0.3, -0.25) is 9.59 Å². The molecule has 0 radical (unpaired) electrons. The van der Waals surface area contributed by atoms with E-state index in [0.29, 0.717) is 0 Å². The monoisotopic (exact) mass is 245 g/mol. The van der Waals surface area contributed by atoms with E-state index >= 15 is 0 Å². The first-order valence-corrected chi connectivity index (χ1v) is 5.14. The maximum absolute atomic E-state index is 11.3. The van der Waals surface area contributed by atoms with Crippen molar-refractivity contribution in [2.75, 3.05) is 20.2 Å². The standard InChI is InChI=1S/C10H19N3O4/c1-10(2,3)13-8(15)6-11-7(14)5-12-9(16)17-4/h5-6H2,1-4H3,(H,11,14)(H,12,16)(H,13,15). The molecular formula is C10H19N3O4. The molecule has 0 aromatic rings. The molecule has 0 rings (SSSR count). The van der Waals surface area contributed by atoms with Crippen molar-refractivity contribution in [2.45, 2.75) is 26.3 Å². The van der Waals surface area contributed by atoms with Crippen LogP contribution in [0.3, 0.4) is 0 Å². The first-order chi connectivity index (χ1) is 7.74. The number of rotatable bonds is 4. The van der Waals surface area contributed by atoms with Gasteiger partial charge < -0.3 is 20.7 Å². The molecule has 7 heteroatoms. The molecule has 0 saturated heterocycles. The smallest absolute Gasteiger partial charge is 0.407 e. The number of hydrogen-bond donors (Lipinski definition) is 3. The first kappa shape index (κ1) is 15.2. The minimum atomic E-state index is -0.695. The fourth-order valence-corrected chi connectivity index (χ4v) is 0.928. The summed E-state index contributed by atoms with van der Waals surface area (Å²) in [6, 6.07) is 0. The van der Waals surface area contributed by atoms with E-state index in [1.807, 2.05) is 20.8 Å². The number of amides is 3. The van der Waals surface area contributed by atoms with Crippen LogP contribution in [0, 0.1) is 0 Å². The van der Waals surface area contributed by atoms with Gasteiger partial charge in [-0.1, -0.05) is 0 Å². The second kappa shape index (κ2) is 6.72. The maximum Gasteiger partial charge on any atom is 0.407 e. The summed E-state index contributed by atoms with van der Waals surface area (Å²) in [6.45, 7) is 5.16. The van der Waals surface area contributed by atoms with E-state index in [9.17, 15) is 14.4 Å². The molecule has 0 aromatic carbocycles. The Morgan fingerprint density at radius 1 is 1.00 bits per heavy atom. The summed E-state index contributed by atoms with van der Waals surface area (Å²) >= 11 is 0. The van der Waals surface area contributed by atoms with Gasteiger partial charge in [0.2, 0.25) is 11.8 Å². The van der Waals surface area contributed by atoms with Crippen LogP contribution in [0.25, 0.3) is 0 Å². The van der Waals surface area contributed by atoms with Crippen LogP contribution < -0.4 is 16.0 Å². The SMILES string of the molecule is COC(=O)NCC(=O)NCC(=O)NC(C)(C)C. The van der Waals surface area contributed by atoms with Crippen molar-refractivity contribution < 1.29 is 19.1 Å². The third kappa shape index (κ3) is 9.16. The molecule has 0 bridgehead atoms. The largest absolute Gasteiger partial charge is 0.453 e. The number of methoxy groups -OCH3 is 1. The number of carbonyl (C=O) groups is 3. The zero-order valence-corrected chi connectivity index (χ0v) is 10.5. The van der Waals surface area contributed by atoms with Gasteiger partial charge in [0.25, 0.3) is 0 Å². The fraction of sp³-hybridized carbons (Fsp3) is 0.700. The Hall–Kier alpha value is -1.79. The minimum Gasteiger partial charge on any atom is -0.453 e. The summed E-state index contributed by atoms with van der Waals surface area (Å²) in [6.07, 6.45) is -0.695. The topological polar surface area (TPSA) is 96.5 Å². The highest BCUT2D eigenvalue weighted by Gasteiger charge is 2.14. The van der Waals surface area contributed by atoms with Crippen molar-refractivity contribution in [1.29, 1.82) is 0 Å². The van der Waals surface area contributed by atoms with Crippen molar-refractivity contribution in [2.24, 2.45) is 0 Å². The van der Waals surface area contributed by atoms with E-state index in [4.69, 9.17) is 0 Å². The quantitative estimate of drug-likeness (QED) is 0.614. The molecule has 0 spiro atoms. The summed E-state index contributed by atoms with van der Waals surface area (Å²) in [5.41, 5.74) is -0.341. The van der Waals surface area contributed by atoms with E-state index in [1.54, 1.807) is 0 Å². The molecule has 0 aromatic heterocycles. The zero-order valence-electron chi connectivity index (χ0n) is 10.5. The van der Waals surface area contributed by atoms with Crippen LogP contribution in [-0.2, 0) is 14.3 Å². The Balaban J connectivity index is 3.77. The van der Waals surface area contributed by atoms with Gasteiger partial charge in [-0.15, -0.1) is 0 Å². The zero-order chi connectivity index (χ0) is 13.5. The van der Waals surface area contributed by atoms with Gasteiger partial charge in [-0.25, -0.2) is 4.79 Å². The van der Waals surface area contributed by atoms with E-state index in [-0.39, 0.29) is 24.5 Å². The molecule has 98 valence electrons. The summed E-state index contributed by atoms with van der Waals surface area (Å²) < 4.78 is 4.28. The van der Waals surface area contributed by atoms with Crippen LogP contribution in [0.1, 0.15) is 20.8 Å². The van der Waals surface area contributed by atoms with Gasteiger partial charge >= 0.3 is 6.09 Å². The Kier molecular flexibility index (Phi) is 6.01. The first-order valence-electron chi connectivity index (χ1n) is 5.14. The van der Waals surface area contributed by atoms with Gasteiger partial charge in [0, 0.05) is 5.54 Å². The van der Waals surface area contributed by atoms with E-state index in [2.05, 4.69) is 20.7 Å². The molecule has 0 aliphatic heterocycles. The molecule has 3 amide bonds. The Bertz CT molecular complexity index is 296. The number of carbonyl (C=O) groups excluding carboxylic acids is 3. The lowest BCUT2D eigenvalue weighted by Crippen LogP contribution is -2.47. The third-order valence-electron chi connectivity index (χ3n) is 1.54. The van der Waals surface area contributed by atoms with Crippen LogP contribution in [0.4, 0.5) is 4.79 Å². The van der Waals surface area contributed by atoms with E-state index < -0.39 is 12.0 Å². The van der Waals surface area contributed by atoms with E-state index in [1.165, 1.54) is 7.11 Å². The van der Waals surface area contributed by atoms with Gasteiger partial charge in [0.15, 0.2) is 0 Å². The van der Waals surface area contributed by atoms with Crippen LogP contribution in [0.15, 0.2) is 0 Å². The van der Waals surface area contributed by atoms with Gasteiger partial charge in [0.05, 0.1) is 13.7 Å². The number of hydrogen-bond acceptors (Lipinski definition) is 4. The second-order valence-electron chi connectivity index (χ2n) is 4.42. The highest BCUT2D eigenvalue weighted by Crippen LogP contribution is 1.96. The highest BCUT2D eigenvalue weighted by atomic mass is 16.5. The average molecular weight is 245 g/mol. The van der Waals surface area contributed by atoms with Crippen molar-refractivity contribution >= 4 is 17.9 Å². The molecule has 0 saturated carbocycles. The van der Waals surface area contributed by atoms with Gasteiger partial charge in [0.1, 0.15) is 6.54 Å². The summed E-state index contributed by atoms with van der Waals surface area (Å²) in [5, 5.41) is 7.25. The van der Waals surface area contributed by atoms with Gasteiger partial charge in [-0.05, 0) is 20.8 Å². The van der Waals surface area contributed by atoms with Crippen LogP contribution in [0.2, 0.25) is 0 Å². The lowest BCUT2D eigenvalue weighted by Gasteiger charge is -2.20. The highest BCUT2D eigenvalue weighted by molar-refractivity contribution is 5.87. The summed E-state index contributed by atoms with van der Waals surface area (Å²) in [7, 11) is 1.20. The molecule has 0 heterocycles. The lowest BCUT2D eigenvalue weighted by molar-refractivity contribution is -0.126. The van der Waals surface area contributed by atoms with Crippen molar-refractivity contribution in [3.8, 4) is 0 Å². The predicted octanol–water partition coefficient (Wildman–Crippen LogP) is -0.627. The van der Waals surface area contributed by atoms with Crippen LogP contribution in [-0.4, -0.2) is 43.6 Å². The fourth-order valence-electron chi connectivity index (χ4n) is 0.928. The minimum absolute atomic E-state index is 0.126. The van der Waals surface area contributed by atoms with Crippen molar-refractivity contribution in [3.05, 3.63) is 0 Å². The van der Waals surface area contributed by atoms with Crippen LogP contribution in [0.5, 0.6) is 0 Å². The number of ether oxygens (including phenoxy) is 1. The Morgan fingerprint density at radius 2 is 1.53 bits per heavy atom.